The molecule has 112 valence electrons. The number of anilines is 1. The summed E-state index contributed by atoms with van der Waals surface area (Å²) in [4.78, 5) is 19.6. The number of fused-ring (bicyclic) bond motifs is 1. The SMILES string of the molecule is O=C(CCSc1nc2ccccc2[nH]1)Nc1ccccc1Cl. The van der Waals surface area contributed by atoms with Crippen LogP contribution in [0.15, 0.2) is 53.7 Å². The van der Waals surface area contributed by atoms with Crippen LogP contribution in [0.5, 0.6) is 0 Å². The van der Waals surface area contributed by atoms with Gasteiger partial charge in [-0.1, -0.05) is 47.6 Å². The molecular weight excluding hydrogens is 318 g/mol. The van der Waals surface area contributed by atoms with Crippen molar-refractivity contribution < 1.29 is 4.79 Å². The van der Waals surface area contributed by atoms with E-state index < -0.39 is 0 Å². The van der Waals surface area contributed by atoms with Gasteiger partial charge in [0.2, 0.25) is 5.91 Å². The predicted molar refractivity (Wildman–Crippen MR) is 91.5 cm³/mol. The van der Waals surface area contributed by atoms with Gasteiger partial charge in [-0.15, -0.1) is 0 Å². The third-order valence-corrected chi connectivity index (χ3v) is 4.29. The van der Waals surface area contributed by atoms with Crippen LogP contribution >= 0.6 is 23.4 Å². The van der Waals surface area contributed by atoms with E-state index in [-0.39, 0.29) is 5.91 Å². The summed E-state index contributed by atoms with van der Waals surface area (Å²) in [6.45, 7) is 0. The normalized spacial score (nSPS) is 10.8. The highest BCUT2D eigenvalue weighted by molar-refractivity contribution is 7.99. The Hall–Kier alpha value is -1.98. The van der Waals surface area contributed by atoms with Gasteiger partial charge in [0.25, 0.3) is 0 Å². The lowest BCUT2D eigenvalue weighted by Crippen LogP contribution is -2.12. The number of benzene rings is 2. The van der Waals surface area contributed by atoms with Crippen LogP contribution in [0, 0.1) is 0 Å². The van der Waals surface area contributed by atoms with Gasteiger partial charge in [0.15, 0.2) is 5.16 Å². The molecule has 0 aliphatic carbocycles. The molecule has 2 aromatic carbocycles. The molecule has 22 heavy (non-hydrogen) atoms. The molecule has 0 saturated heterocycles. The summed E-state index contributed by atoms with van der Waals surface area (Å²) in [7, 11) is 0. The smallest absolute Gasteiger partial charge is 0.225 e. The Balaban J connectivity index is 1.52. The largest absolute Gasteiger partial charge is 0.333 e. The summed E-state index contributed by atoms with van der Waals surface area (Å²) >= 11 is 7.54. The number of para-hydroxylation sites is 3. The summed E-state index contributed by atoms with van der Waals surface area (Å²) in [5, 5.41) is 4.18. The summed E-state index contributed by atoms with van der Waals surface area (Å²) < 4.78 is 0. The van der Waals surface area contributed by atoms with Gasteiger partial charge in [0.1, 0.15) is 0 Å². The number of thioether (sulfide) groups is 1. The van der Waals surface area contributed by atoms with E-state index in [1.165, 1.54) is 11.8 Å². The first-order valence-corrected chi connectivity index (χ1v) is 8.20. The lowest BCUT2D eigenvalue weighted by atomic mass is 10.3. The maximum Gasteiger partial charge on any atom is 0.225 e. The minimum Gasteiger partial charge on any atom is -0.333 e. The van der Waals surface area contributed by atoms with E-state index in [1.54, 1.807) is 12.1 Å². The average Bonchev–Trinajstić information content (AvgIpc) is 2.92. The monoisotopic (exact) mass is 331 g/mol. The Kier molecular flexibility index (Phi) is 4.65. The summed E-state index contributed by atoms with van der Waals surface area (Å²) in [5.74, 6) is 0.590. The molecule has 0 aliphatic rings. The predicted octanol–water partition coefficient (Wildman–Crippen LogP) is 4.34. The van der Waals surface area contributed by atoms with Crippen LogP contribution in [0.4, 0.5) is 5.69 Å². The van der Waals surface area contributed by atoms with Gasteiger partial charge in [-0.2, -0.15) is 0 Å². The van der Waals surface area contributed by atoms with Crippen LogP contribution in [0.25, 0.3) is 11.0 Å². The first kappa shape index (κ1) is 14.9. The number of hydrogen-bond acceptors (Lipinski definition) is 3. The molecule has 0 radical (unpaired) electrons. The van der Waals surface area contributed by atoms with Crippen LogP contribution in [0.2, 0.25) is 5.02 Å². The Morgan fingerprint density at radius 3 is 2.77 bits per heavy atom. The second-order valence-electron chi connectivity index (χ2n) is 4.69. The van der Waals surface area contributed by atoms with E-state index in [0.717, 1.165) is 16.2 Å². The molecule has 4 nitrogen and oxygen atoms in total. The van der Waals surface area contributed by atoms with Gasteiger partial charge in [-0.25, -0.2) is 4.98 Å². The van der Waals surface area contributed by atoms with Crippen molar-refractivity contribution in [3.8, 4) is 0 Å². The zero-order chi connectivity index (χ0) is 15.4. The Morgan fingerprint density at radius 1 is 1.18 bits per heavy atom. The lowest BCUT2D eigenvalue weighted by molar-refractivity contribution is -0.115. The molecule has 2 N–H and O–H groups in total. The number of rotatable bonds is 5. The Bertz CT molecular complexity index is 770. The zero-order valence-corrected chi connectivity index (χ0v) is 13.2. The van der Waals surface area contributed by atoms with Crippen LogP contribution in [0.1, 0.15) is 6.42 Å². The molecule has 6 heteroatoms. The highest BCUT2D eigenvalue weighted by atomic mass is 35.5. The molecule has 0 bridgehead atoms. The van der Waals surface area contributed by atoms with Crippen molar-refractivity contribution in [2.45, 2.75) is 11.6 Å². The molecule has 0 unspecified atom stereocenters. The Labute approximate surface area is 137 Å². The summed E-state index contributed by atoms with van der Waals surface area (Å²) in [5.41, 5.74) is 2.58. The van der Waals surface area contributed by atoms with E-state index in [2.05, 4.69) is 15.3 Å². The number of nitrogens with zero attached hydrogens (tertiary/aromatic N) is 1. The fourth-order valence-electron chi connectivity index (χ4n) is 2.01. The highest BCUT2D eigenvalue weighted by Gasteiger charge is 2.07. The molecule has 1 heterocycles. The topological polar surface area (TPSA) is 57.8 Å². The Morgan fingerprint density at radius 2 is 1.95 bits per heavy atom. The maximum absolute atomic E-state index is 11.9. The molecule has 3 aromatic rings. The van der Waals surface area contributed by atoms with Crippen LogP contribution in [0.3, 0.4) is 0 Å². The van der Waals surface area contributed by atoms with Gasteiger partial charge in [0.05, 0.1) is 21.7 Å². The van der Waals surface area contributed by atoms with Crippen LogP contribution in [-0.2, 0) is 4.79 Å². The molecule has 1 aromatic heterocycles. The zero-order valence-electron chi connectivity index (χ0n) is 11.7. The van der Waals surface area contributed by atoms with Crippen LogP contribution < -0.4 is 5.32 Å². The fourth-order valence-corrected chi connectivity index (χ4v) is 3.02. The van der Waals surface area contributed by atoms with Crippen LogP contribution in [-0.4, -0.2) is 21.6 Å². The molecule has 1 amide bonds. The van der Waals surface area contributed by atoms with Gasteiger partial charge in [-0.3, -0.25) is 4.79 Å². The van der Waals surface area contributed by atoms with Crippen molar-refractivity contribution in [2.24, 2.45) is 0 Å². The van der Waals surface area contributed by atoms with Gasteiger partial charge in [-0.05, 0) is 24.3 Å². The third-order valence-electron chi connectivity index (χ3n) is 3.08. The molecule has 0 atom stereocenters. The minimum absolute atomic E-state index is 0.0586. The van der Waals surface area contributed by atoms with E-state index in [9.17, 15) is 4.79 Å². The van der Waals surface area contributed by atoms with Gasteiger partial charge >= 0.3 is 0 Å². The molecule has 0 spiro atoms. The van der Waals surface area contributed by atoms with Gasteiger partial charge < -0.3 is 10.3 Å². The van der Waals surface area contributed by atoms with Crippen molar-refractivity contribution >= 4 is 46.0 Å². The van der Waals surface area contributed by atoms with E-state index in [4.69, 9.17) is 11.6 Å². The summed E-state index contributed by atoms with van der Waals surface area (Å²) in [6, 6.07) is 15.1. The number of aromatic amines is 1. The minimum atomic E-state index is -0.0586. The first-order valence-electron chi connectivity index (χ1n) is 6.84. The summed E-state index contributed by atoms with van der Waals surface area (Å²) in [6.07, 6.45) is 0.396. The standard InChI is InChI=1S/C16H14ClN3OS/c17-11-5-1-2-6-12(11)18-15(21)9-10-22-16-19-13-7-3-4-8-14(13)20-16/h1-8H,9-10H2,(H,18,21)(H,19,20). The number of nitrogens with one attached hydrogen (secondary N) is 2. The van der Waals surface area contributed by atoms with Crippen molar-refractivity contribution in [3.05, 3.63) is 53.6 Å². The van der Waals surface area contributed by atoms with Crippen molar-refractivity contribution in [1.82, 2.24) is 9.97 Å². The van der Waals surface area contributed by atoms with Gasteiger partial charge in [0, 0.05) is 12.2 Å². The molecule has 0 saturated carbocycles. The second-order valence-corrected chi connectivity index (χ2v) is 6.18. The third kappa shape index (κ3) is 3.61. The number of carbonyl (C=O) groups is 1. The molecule has 0 fully saturated rings. The number of halogens is 1. The number of imidazole rings is 1. The first-order chi connectivity index (χ1) is 10.7. The quantitative estimate of drug-likeness (QED) is 0.684. The number of H-pyrrole nitrogens is 1. The van der Waals surface area contributed by atoms with E-state index >= 15 is 0 Å². The van der Waals surface area contributed by atoms with Crippen molar-refractivity contribution in [1.29, 1.82) is 0 Å². The lowest BCUT2D eigenvalue weighted by Gasteiger charge is -2.06. The van der Waals surface area contributed by atoms with E-state index in [0.29, 0.717) is 22.9 Å². The average molecular weight is 332 g/mol. The highest BCUT2D eigenvalue weighted by Crippen LogP contribution is 2.22. The number of hydrogen-bond donors (Lipinski definition) is 2. The number of carbonyl (C=O) groups excluding carboxylic acids is 1. The molecular formula is C16H14ClN3OS. The van der Waals surface area contributed by atoms with Crippen molar-refractivity contribution in [2.75, 3.05) is 11.1 Å². The van der Waals surface area contributed by atoms with Crippen molar-refractivity contribution in [3.63, 3.8) is 0 Å². The fraction of sp³-hybridized carbons (Fsp3) is 0.125. The molecule has 3 rings (SSSR count). The number of aromatic nitrogens is 2. The maximum atomic E-state index is 11.9. The van der Waals surface area contributed by atoms with E-state index in [1.807, 2.05) is 36.4 Å². The number of amides is 1. The molecule has 0 aliphatic heterocycles. The second kappa shape index (κ2) is 6.85.